The highest BCUT2D eigenvalue weighted by atomic mass is 16.3. The summed E-state index contributed by atoms with van der Waals surface area (Å²) in [5.41, 5.74) is 8.28. The number of aliphatic hydroxyl groups is 1. The maximum atomic E-state index is 13.5. The molecule has 2 heterocycles. The van der Waals surface area contributed by atoms with E-state index in [0.29, 0.717) is 6.04 Å². The predicted molar refractivity (Wildman–Crippen MR) is 140 cm³/mol. The van der Waals surface area contributed by atoms with Gasteiger partial charge in [-0.1, -0.05) is 24.3 Å². The fraction of sp³-hybridized carbons (Fsp3) is 0.552. The summed E-state index contributed by atoms with van der Waals surface area (Å²) in [6.45, 7) is 4.59. The highest BCUT2D eigenvalue weighted by molar-refractivity contribution is 5.76. The summed E-state index contributed by atoms with van der Waals surface area (Å²) in [5, 5.41) is 13.0. The number of benzene rings is 2. The first kappa shape index (κ1) is 23.0. The van der Waals surface area contributed by atoms with Gasteiger partial charge in [0.05, 0.1) is 17.6 Å². The molecule has 0 radical (unpaired) electrons. The van der Waals surface area contributed by atoms with Crippen molar-refractivity contribution in [2.75, 3.05) is 20.1 Å². The van der Waals surface area contributed by atoms with Gasteiger partial charge < -0.3 is 5.11 Å². The fourth-order valence-corrected chi connectivity index (χ4v) is 7.23. The number of likely N-dealkylation sites (N-methyl/N-ethyl adjacent to an activating group) is 1. The van der Waals surface area contributed by atoms with Gasteiger partial charge in [-0.3, -0.25) is 19.4 Å². The molecule has 0 saturated carbocycles. The van der Waals surface area contributed by atoms with E-state index in [1.165, 1.54) is 37.7 Å². The molecule has 1 aromatic heterocycles. The van der Waals surface area contributed by atoms with E-state index in [-0.39, 0.29) is 18.3 Å². The molecule has 6 rings (SSSR count). The Labute approximate surface area is 207 Å². The molecule has 3 atom stereocenters. The molecular formula is C29H38N4O2. The van der Waals surface area contributed by atoms with E-state index in [0.717, 1.165) is 42.9 Å². The van der Waals surface area contributed by atoms with Crippen molar-refractivity contribution in [3.05, 3.63) is 69.1 Å². The summed E-state index contributed by atoms with van der Waals surface area (Å²) in [5.74, 6) is 0.764. The highest BCUT2D eigenvalue weighted by Crippen LogP contribution is 2.48. The van der Waals surface area contributed by atoms with Crippen LogP contribution >= 0.6 is 0 Å². The van der Waals surface area contributed by atoms with Gasteiger partial charge in [-0.15, -0.1) is 0 Å². The number of piperidine rings is 1. The van der Waals surface area contributed by atoms with Crippen molar-refractivity contribution in [3.8, 4) is 0 Å². The average molecular weight is 475 g/mol. The Bertz CT molecular complexity index is 1280. The molecule has 0 bridgehead atoms. The summed E-state index contributed by atoms with van der Waals surface area (Å²) >= 11 is 0. The van der Waals surface area contributed by atoms with Crippen LogP contribution in [0.15, 0.2) is 41.2 Å². The van der Waals surface area contributed by atoms with Gasteiger partial charge in [-0.05, 0) is 99.2 Å². The summed E-state index contributed by atoms with van der Waals surface area (Å²) in [6.07, 6.45) is 7.73. The Morgan fingerprint density at radius 2 is 1.80 bits per heavy atom. The molecule has 2 aromatic carbocycles. The van der Waals surface area contributed by atoms with Crippen molar-refractivity contribution >= 4 is 11.0 Å². The largest absolute Gasteiger partial charge is 0.377 e. The van der Waals surface area contributed by atoms with Crippen molar-refractivity contribution in [1.82, 2.24) is 19.4 Å². The maximum Gasteiger partial charge on any atom is 0.329 e. The van der Waals surface area contributed by atoms with E-state index in [4.69, 9.17) is 0 Å². The quantitative estimate of drug-likeness (QED) is 0.543. The summed E-state index contributed by atoms with van der Waals surface area (Å²) in [7, 11) is 1.71. The van der Waals surface area contributed by atoms with Crippen LogP contribution in [-0.2, 0) is 13.0 Å². The van der Waals surface area contributed by atoms with Gasteiger partial charge in [0.1, 0.15) is 6.23 Å². The van der Waals surface area contributed by atoms with Crippen LogP contribution in [-0.4, -0.2) is 45.5 Å². The molecule has 1 saturated heterocycles. The lowest BCUT2D eigenvalue weighted by molar-refractivity contribution is 0.116. The average Bonchev–Trinajstić information content (AvgIpc) is 3.17. The van der Waals surface area contributed by atoms with Gasteiger partial charge in [0.25, 0.3) is 0 Å². The van der Waals surface area contributed by atoms with E-state index in [9.17, 15) is 9.90 Å². The minimum absolute atomic E-state index is 0.00735. The Morgan fingerprint density at radius 1 is 1.03 bits per heavy atom. The molecule has 3 aliphatic rings. The van der Waals surface area contributed by atoms with Crippen LogP contribution in [0, 0.1) is 6.92 Å². The molecule has 1 aliphatic heterocycles. The summed E-state index contributed by atoms with van der Waals surface area (Å²) in [6, 6.07) is 13.5. The first-order chi connectivity index (χ1) is 17.1. The third kappa shape index (κ3) is 3.87. The molecule has 6 heteroatoms. The fourth-order valence-electron chi connectivity index (χ4n) is 7.23. The number of aromatic nitrogens is 2. The number of para-hydroxylation sites is 2. The van der Waals surface area contributed by atoms with Gasteiger partial charge in [-0.2, -0.15) is 0 Å². The highest BCUT2D eigenvalue weighted by Gasteiger charge is 2.36. The van der Waals surface area contributed by atoms with E-state index >= 15 is 0 Å². The molecule has 1 fully saturated rings. The van der Waals surface area contributed by atoms with Crippen molar-refractivity contribution in [1.29, 1.82) is 0 Å². The van der Waals surface area contributed by atoms with Crippen LogP contribution in [0.1, 0.15) is 78.8 Å². The Kier molecular flexibility index (Phi) is 6.07. The molecule has 0 spiro atoms. The number of hydrogen-bond acceptors (Lipinski definition) is 4. The lowest BCUT2D eigenvalue weighted by Gasteiger charge is -2.44. The number of nitrogens with one attached hydrogen (secondary N) is 1. The van der Waals surface area contributed by atoms with Gasteiger partial charge in [-0.25, -0.2) is 4.79 Å². The van der Waals surface area contributed by atoms with Crippen molar-refractivity contribution in [2.45, 2.75) is 82.6 Å². The van der Waals surface area contributed by atoms with Crippen LogP contribution in [0.4, 0.5) is 0 Å². The normalized spacial score (nSPS) is 24.0. The van der Waals surface area contributed by atoms with Gasteiger partial charge in [0, 0.05) is 25.2 Å². The lowest BCUT2D eigenvalue weighted by Crippen LogP contribution is -2.41. The van der Waals surface area contributed by atoms with E-state index in [1.54, 1.807) is 28.3 Å². The first-order valence-electron chi connectivity index (χ1n) is 13.5. The molecule has 6 nitrogen and oxygen atoms in total. The number of rotatable bonds is 5. The SMILES string of the molecule is CNC(O)Cn1c(=O)n(C2CCN(C3CCC4CCCc5c(C)ccc3c54)CC2)c2ccccc21. The second-order valence-electron chi connectivity index (χ2n) is 10.9. The van der Waals surface area contributed by atoms with Crippen LogP contribution < -0.4 is 11.0 Å². The molecule has 35 heavy (non-hydrogen) atoms. The molecule has 0 amide bonds. The van der Waals surface area contributed by atoms with Crippen LogP contribution in [0.3, 0.4) is 0 Å². The number of likely N-dealkylation sites (tertiary alicyclic amines) is 1. The number of hydrogen-bond donors (Lipinski definition) is 2. The Hall–Kier alpha value is -2.41. The summed E-state index contributed by atoms with van der Waals surface area (Å²) < 4.78 is 3.72. The Balaban J connectivity index is 1.26. The lowest BCUT2D eigenvalue weighted by atomic mass is 9.70. The second kappa shape index (κ2) is 9.23. The third-order valence-electron chi connectivity index (χ3n) is 9.02. The van der Waals surface area contributed by atoms with Gasteiger partial charge in [0.15, 0.2) is 0 Å². The smallest absolute Gasteiger partial charge is 0.329 e. The van der Waals surface area contributed by atoms with Gasteiger partial charge >= 0.3 is 5.69 Å². The van der Waals surface area contributed by atoms with Crippen molar-refractivity contribution in [2.24, 2.45) is 0 Å². The number of nitrogens with zero attached hydrogens (tertiary/aromatic N) is 3. The first-order valence-corrected chi connectivity index (χ1v) is 13.5. The van der Waals surface area contributed by atoms with Gasteiger partial charge in [0.2, 0.25) is 0 Å². The van der Waals surface area contributed by atoms with E-state index in [2.05, 4.69) is 29.3 Å². The monoisotopic (exact) mass is 474 g/mol. The van der Waals surface area contributed by atoms with Crippen LogP contribution in [0.2, 0.25) is 0 Å². The van der Waals surface area contributed by atoms with E-state index < -0.39 is 6.23 Å². The molecule has 3 unspecified atom stereocenters. The number of imidazole rings is 1. The molecule has 2 N–H and O–H groups in total. The zero-order chi connectivity index (χ0) is 24.1. The number of aryl methyl sites for hydroxylation is 1. The van der Waals surface area contributed by atoms with E-state index in [1.807, 2.05) is 28.8 Å². The zero-order valence-corrected chi connectivity index (χ0v) is 21.0. The summed E-state index contributed by atoms with van der Waals surface area (Å²) in [4.78, 5) is 16.2. The van der Waals surface area contributed by atoms with Crippen LogP contribution in [0.5, 0.6) is 0 Å². The standard InChI is InChI=1S/C29H38N4O2/c1-19-10-12-23-24(13-11-20-6-5-7-22(19)28(20)23)31-16-14-21(15-17-31)33-26-9-4-3-8-25(26)32(29(33)35)18-27(34)30-2/h3-4,8-10,12,20-21,24,27,30,34H,5-7,11,13-18H2,1-2H3. The predicted octanol–water partition coefficient (Wildman–Crippen LogP) is 4.24. The zero-order valence-electron chi connectivity index (χ0n) is 21.0. The van der Waals surface area contributed by atoms with Crippen LogP contribution in [0.25, 0.3) is 11.0 Å². The Morgan fingerprint density at radius 3 is 2.57 bits per heavy atom. The molecular weight excluding hydrogens is 436 g/mol. The topological polar surface area (TPSA) is 62.4 Å². The third-order valence-corrected chi connectivity index (χ3v) is 9.02. The second-order valence-corrected chi connectivity index (χ2v) is 10.9. The molecule has 3 aromatic rings. The minimum Gasteiger partial charge on any atom is -0.377 e. The maximum absolute atomic E-state index is 13.5. The van der Waals surface area contributed by atoms with Crippen molar-refractivity contribution < 1.29 is 5.11 Å². The number of fused-ring (bicyclic) bond motifs is 1. The molecule has 186 valence electrons. The molecule has 2 aliphatic carbocycles. The number of aliphatic hydroxyl groups excluding tert-OH is 1. The van der Waals surface area contributed by atoms with Crippen molar-refractivity contribution in [3.63, 3.8) is 0 Å². The minimum atomic E-state index is -0.746.